The largest absolute Gasteiger partial charge is 0.352 e. The molecule has 24 heavy (non-hydrogen) atoms. The van der Waals surface area contributed by atoms with Crippen LogP contribution in [0.15, 0.2) is 30.5 Å². The number of benzene rings is 1. The molecule has 1 amide bonds. The van der Waals surface area contributed by atoms with Gasteiger partial charge in [0.15, 0.2) is 0 Å². The van der Waals surface area contributed by atoms with Gasteiger partial charge < -0.3 is 14.8 Å². The number of aryl methyl sites for hydroxylation is 1. The molecule has 4 heteroatoms. The molecule has 2 fully saturated rings. The number of carbonyl (C=O) groups is 1. The zero-order valence-corrected chi connectivity index (χ0v) is 14.5. The summed E-state index contributed by atoms with van der Waals surface area (Å²) in [6, 6.07) is 8.69. The van der Waals surface area contributed by atoms with Crippen LogP contribution in [0.3, 0.4) is 0 Å². The fraction of sp³-hybridized carbons (Fsp3) is 0.550. The smallest absolute Gasteiger partial charge is 0.251 e. The number of amides is 1. The molecular weight excluding hydrogens is 298 g/mol. The van der Waals surface area contributed by atoms with Crippen molar-refractivity contribution in [3.63, 3.8) is 0 Å². The summed E-state index contributed by atoms with van der Waals surface area (Å²) in [7, 11) is 2.02. The third-order valence-corrected chi connectivity index (χ3v) is 5.93. The monoisotopic (exact) mass is 325 g/mol. The second kappa shape index (κ2) is 6.60. The molecule has 2 unspecified atom stereocenters. The maximum atomic E-state index is 12.7. The summed E-state index contributed by atoms with van der Waals surface area (Å²) in [6.07, 6.45) is 8.51. The second-order valence-electron chi connectivity index (χ2n) is 7.38. The van der Waals surface area contributed by atoms with Crippen molar-refractivity contribution in [1.29, 1.82) is 0 Å². The van der Waals surface area contributed by atoms with Crippen LogP contribution in [0.1, 0.15) is 42.5 Å². The van der Waals surface area contributed by atoms with Gasteiger partial charge in [0.2, 0.25) is 0 Å². The lowest BCUT2D eigenvalue weighted by molar-refractivity contribution is 0.0576. The SMILES string of the molecule is Cn1ccc2c(C(=O)NCC3CCCN4CCCCC34)cccc21. The fourth-order valence-corrected chi connectivity index (χ4v) is 4.63. The molecule has 2 aliphatic rings. The minimum atomic E-state index is 0.0692. The zero-order valence-electron chi connectivity index (χ0n) is 14.5. The molecule has 2 atom stereocenters. The number of nitrogens with zero attached hydrogens (tertiary/aromatic N) is 2. The number of fused-ring (bicyclic) bond motifs is 2. The number of aromatic nitrogens is 1. The van der Waals surface area contributed by atoms with E-state index >= 15 is 0 Å². The van der Waals surface area contributed by atoms with Crippen LogP contribution in [0.25, 0.3) is 10.9 Å². The number of piperidine rings is 2. The van der Waals surface area contributed by atoms with Crippen molar-refractivity contribution in [2.75, 3.05) is 19.6 Å². The van der Waals surface area contributed by atoms with Crippen LogP contribution < -0.4 is 5.32 Å². The third-order valence-electron chi connectivity index (χ3n) is 5.93. The van der Waals surface area contributed by atoms with Gasteiger partial charge in [-0.25, -0.2) is 0 Å². The van der Waals surface area contributed by atoms with Crippen molar-refractivity contribution in [3.8, 4) is 0 Å². The van der Waals surface area contributed by atoms with Crippen molar-refractivity contribution in [2.24, 2.45) is 13.0 Å². The molecular formula is C20H27N3O. The van der Waals surface area contributed by atoms with Gasteiger partial charge in [0, 0.05) is 42.3 Å². The second-order valence-corrected chi connectivity index (χ2v) is 7.38. The van der Waals surface area contributed by atoms with E-state index in [1.165, 1.54) is 45.2 Å². The van der Waals surface area contributed by atoms with Crippen LogP contribution in [0.5, 0.6) is 0 Å². The van der Waals surface area contributed by atoms with Crippen LogP contribution in [-0.2, 0) is 7.05 Å². The lowest BCUT2D eigenvalue weighted by atomic mass is 9.83. The first kappa shape index (κ1) is 15.7. The Labute approximate surface area is 143 Å². The van der Waals surface area contributed by atoms with Crippen LogP contribution in [0.4, 0.5) is 0 Å². The van der Waals surface area contributed by atoms with E-state index in [4.69, 9.17) is 0 Å². The Morgan fingerprint density at radius 2 is 2.04 bits per heavy atom. The van der Waals surface area contributed by atoms with Gasteiger partial charge in [-0.1, -0.05) is 12.5 Å². The van der Waals surface area contributed by atoms with Crippen LogP contribution in [0, 0.1) is 5.92 Å². The fourth-order valence-electron chi connectivity index (χ4n) is 4.63. The van der Waals surface area contributed by atoms with E-state index in [-0.39, 0.29) is 5.91 Å². The molecule has 1 N–H and O–H groups in total. The van der Waals surface area contributed by atoms with Gasteiger partial charge in [0.05, 0.1) is 0 Å². The first-order valence-corrected chi connectivity index (χ1v) is 9.30. The van der Waals surface area contributed by atoms with E-state index in [0.717, 1.165) is 23.0 Å². The number of hydrogen-bond donors (Lipinski definition) is 1. The summed E-state index contributed by atoms with van der Waals surface area (Å²) >= 11 is 0. The van der Waals surface area contributed by atoms with E-state index in [1.807, 2.05) is 31.4 Å². The molecule has 2 aromatic rings. The van der Waals surface area contributed by atoms with Gasteiger partial charge in [-0.05, 0) is 62.9 Å². The summed E-state index contributed by atoms with van der Waals surface area (Å²) in [5.41, 5.74) is 1.91. The van der Waals surface area contributed by atoms with Crippen molar-refractivity contribution >= 4 is 16.8 Å². The Morgan fingerprint density at radius 3 is 2.96 bits per heavy atom. The van der Waals surface area contributed by atoms with Gasteiger partial charge in [0.25, 0.3) is 5.91 Å². The zero-order chi connectivity index (χ0) is 16.5. The maximum absolute atomic E-state index is 12.7. The number of hydrogen-bond acceptors (Lipinski definition) is 2. The Hall–Kier alpha value is -1.81. The summed E-state index contributed by atoms with van der Waals surface area (Å²) < 4.78 is 2.06. The summed E-state index contributed by atoms with van der Waals surface area (Å²) in [5, 5.41) is 4.27. The standard InChI is InChI=1S/C20H27N3O/c1-22-13-10-16-17(7-4-9-19(16)22)20(24)21-14-15-6-5-12-23-11-3-2-8-18(15)23/h4,7,9-10,13,15,18H,2-3,5-6,8,11-12,14H2,1H3,(H,21,24). The summed E-state index contributed by atoms with van der Waals surface area (Å²) in [5.74, 6) is 0.678. The van der Waals surface area contributed by atoms with E-state index in [9.17, 15) is 4.79 Å². The highest BCUT2D eigenvalue weighted by Gasteiger charge is 2.33. The Balaban J connectivity index is 1.46. The van der Waals surface area contributed by atoms with Crippen molar-refractivity contribution in [2.45, 2.75) is 38.1 Å². The molecule has 4 rings (SSSR count). The highest BCUT2D eigenvalue weighted by atomic mass is 16.1. The molecule has 4 nitrogen and oxygen atoms in total. The van der Waals surface area contributed by atoms with Crippen molar-refractivity contribution in [1.82, 2.24) is 14.8 Å². The molecule has 1 aromatic carbocycles. The highest BCUT2D eigenvalue weighted by Crippen LogP contribution is 2.30. The first-order valence-electron chi connectivity index (χ1n) is 9.30. The minimum Gasteiger partial charge on any atom is -0.352 e. The minimum absolute atomic E-state index is 0.0692. The number of carbonyl (C=O) groups excluding carboxylic acids is 1. The number of rotatable bonds is 3. The molecule has 0 saturated carbocycles. The van der Waals surface area contributed by atoms with Crippen LogP contribution in [0.2, 0.25) is 0 Å². The van der Waals surface area contributed by atoms with Gasteiger partial charge >= 0.3 is 0 Å². The molecule has 0 aliphatic carbocycles. The Bertz CT molecular complexity index is 734. The van der Waals surface area contributed by atoms with Crippen LogP contribution >= 0.6 is 0 Å². The van der Waals surface area contributed by atoms with Crippen LogP contribution in [-0.4, -0.2) is 41.1 Å². The first-order chi connectivity index (χ1) is 11.7. The van der Waals surface area contributed by atoms with Gasteiger partial charge in [-0.2, -0.15) is 0 Å². The Kier molecular flexibility index (Phi) is 4.31. The molecule has 2 aliphatic heterocycles. The van der Waals surface area contributed by atoms with Crippen molar-refractivity contribution < 1.29 is 4.79 Å². The maximum Gasteiger partial charge on any atom is 0.251 e. The van der Waals surface area contributed by atoms with Gasteiger partial charge in [-0.15, -0.1) is 0 Å². The van der Waals surface area contributed by atoms with E-state index in [0.29, 0.717) is 12.0 Å². The summed E-state index contributed by atoms with van der Waals surface area (Å²) in [6.45, 7) is 3.31. The third kappa shape index (κ3) is 2.84. The molecule has 128 valence electrons. The highest BCUT2D eigenvalue weighted by molar-refractivity contribution is 6.06. The predicted octanol–water partition coefficient (Wildman–Crippen LogP) is 3.17. The quantitative estimate of drug-likeness (QED) is 0.941. The summed E-state index contributed by atoms with van der Waals surface area (Å²) in [4.78, 5) is 15.4. The van der Waals surface area contributed by atoms with Gasteiger partial charge in [-0.3, -0.25) is 4.79 Å². The molecule has 2 saturated heterocycles. The molecule has 1 aromatic heterocycles. The molecule has 3 heterocycles. The normalized spacial score (nSPS) is 24.7. The van der Waals surface area contributed by atoms with Crippen molar-refractivity contribution in [3.05, 3.63) is 36.0 Å². The molecule has 0 spiro atoms. The molecule has 0 bridgehead atoms. The topological polar surface area (TPSA) is 37.3 Å². The average molecular weight is 325 g/mol. The average Bonchev–Trinajstić information content (AvgIpc) is 3.01. The Morgan fingerprint density at radius 1 is 1.17 bits per heavy atom. The van der Waals surface area contributed by atoms with Gasteiger partial charge in [0.1, 0.15) is 0 Å². The van der Waals surface area contributed by atoms with E-state index in [1.54, 1.807) is 0 Å². The lowest BCUT2D eigenvalue weighted by Gasteiger charge is -2.44. The van der Waals surface area contributed by atoms with E-state index in [2.05, 4.69) is 20.9 Å². The molecule has 0 radical (unpaired) electrons. The number of nitrogens with one attached hydrogen (secondary N) is 1. The predicted molar refractivity (Wildman–Crippen MR) is 97.2 cm³/mol. The van der Waals surface area contributed by atoms with E-state index < -0.39 is 0 Å². The lowest BCUT2D eigenvalue weighted by Crippen LogP contribution is -2.51.